The van der Waals surface area contributed by atoms with E-state index in [4.69, 9.17) is 23.2 Å². The van der Waals surface area contributed by atoms with Crippen molar-refractivity contribution in [3.8, 4) is 0 Å². The molecular formula is C17H19Cl2N3O2S. The Morgan fingerprint density at radius 1 is 1.08 bits per heavy atom. The molecule has 0 radical (unpaired) electrons. The van der Waals surface area contributed by atoms with E-state index < -0.39 is 10.0 Å². The first-order valence-electron chi connectivity index (χ1n) is 7.94. The first-order valence-corrected chi connectivity index (χ1v) is 10.3. The Hall–Kier alpha value is -1.34. The third kappa shape index (κ3) is 4.26. The Morgan fingerprint density at radius 3 is 2.32 bits per heavy atom. The molecule has 2 aromatic rings. The van der Waals surface area contributed by atoms with Crippen LogP contribution < -0.4 is 4.90 Å². The summed E-state index contributed by atoms with van der Waals surface area (Å²) in [5.74, 6) is 0.0193. The maximum atomic E-state index is 12.7. The van der Waals surface area contributed by atoms with Gasteiger partial charge in [-0.05, 0) is 12.5 Å². The lowest BCUT2D eigenvalue weighted by atomic mass is 10.2. The number of halogens is 2. The van der Waals surface area contributed by atoms with E-state index in [0.717, 1.165) is 11.1 Å². The third-order valence-corrected chi connectivity index (χ3v) is 6.61. The van der Waals surface area contributed by atoms with Gasteiger partial charge in [0.15, 0.2) is 0 Å². The van der Waals surface area contributed by atoms with Gasteiger partial charge in [0.1, 0.15) is 0 Å². The SMILES string of the molecule is Cc1cccc(CS(=O)(=O)N2CCN(c3c(Cl)cncc3Cl)CC2)c1. The van der Waals surface area contributed by atoms with Gasteiger partial charge in [0.2, 0.25) is 10.0 Å². The monoisotopic (exact) mass is 399 g/mol. The lowest BCUT2D eigenvalue weighted by Crippen LogP contribution is -2.49. The summed E-state index contributed by atoms with van der Waals surface area (Å²) in [4.78, 5) is 5.96. The van der Waals surface area contributed by atoms with Crippen LogP contribution in [0.5, 0.6) is 0 Å². The van der Waals surface area contributed by atoms with Crippen LogP contribution in [0.3, 0.4) is 0 Å². The van der Waals surface area contributed by atoms with Crippen molar-refractivity contribution in [2.45, 2.75) is 12.7 Å². The van der Waals surface area contributed by atoms with Crippen LogP contribution in [0.15, 0.2) is 36.7 Å². The molecule has 0 atom stereocenters. The summed E-state index contributed by atoms with van der Waals surface area (Å²) in [6.07, 6.45) is 3.09. The molecule has 0 saturated carbocycles. The lowest BCUT2D eigenvalue weighted by Gasteiger charge is -2.36. The summed E-state index contributed by atoms with van der Waals surface area (Å²) < 4.78 is 26.9. The van der Waals surface area contributed by atoms with E-state index in [1.54, 1.807) is 12.4 Å². The van der Waals surface area contributed by atoms with Gasteiger partial charge >= 0.3 is 0 Å². The van der Waals surface area contributed by atoms with E-state index in [-0.39, 0.29) is 5.75 Å². The van der Waals surface area contributed by atoms with E-state index >= 15 is 0 Å². The number of benzene rings is 1. The number of aryl methyl sites for hydroxylation is 1. The number of hydrogen-bond donors (Lipinski definition) is 0. The van der Waals surface area contributed by atoms with Crippen molar-refractivity contribution >= 4 is 38.9 Å². The van der Waals surface area contributed by atoms with Crippen molar-refractivity contribution in [2.24, 2.45) is 0 Å². The van der Waals surface area contributed by atoms with Crippen molar-refractivity contribution in [1.29, 1.82) is 0 Å². The summed E-state index contributed by atoms with van der Waals surface area (Å²) >= 11 is 12.4. The zero-order valence-corrected chi connectivity index (χ0v) is 16.2. The predicted octanol–water partition coefficient (Wildman–Crippen LogP) is 3.35. The molecule has 0 amide bonds. The van der Waals surface area contributed by atoms with Crippen LogP contribution in [0.1, 0.15) is 11.1 Å². The Morgan fingerprint density at radius 2 is 1.72 bits per heavy atom. The van der Waals surface area contributed by atoms with Gasteiger partial charge in [-0.15, -0.1) is 0 Å². The summed E-state index contributed by atoms with van der Waals surface area (Å²) in [5, 5.41) is 0.951. The van der Waals surface area contributed by atoms with Crippen LogP contribution in [-0.4, -0.2) is 43.9 Å². The molecule has 1 aliphatic rings. The molecule has 1 fully saturated rings. The van der Waals surface area contributed by atoms with E-state index in [9.17, 15) is 8.42 Å². The molecule has 3 rings (SSSR count). The molecular weight excluding hydrogens is 381 g/mol. The molecule has 1 aromatic carbocycles. The van der Waals surface area contributed by atoms with E-state index in [0.29, 0.717) is 41.9 Å². The molecule has 0 unspecified atom stereocenters. The number of anilines is 1. The largest absolute Gasteiger partial charge is 0.366 e. The fraction of sp³-hybridized carbons (Fsp3) is 0.353. The summed E-state index contributed by atoms with van der Waals surface area (Å²) in [6, 6.07) is 7.59. The molecule has 0 spiro atoms. The molecule has 0 N–H and O–H groups in total. The lowest BCUT2D eigenvalue weighted by molar-refractivity contribution is 0.384. The number of sulfonamides is 1. The number of nitrogens with zero attached hydrogens (tertiary/aromatic N) is 3. The van der Waals surface area contributed by atoms with E-state index in [2.05, 4.69) is 4.98 Å². The molecule has 0 aliphatic carbocycles. The van der Waals surface area contributed by atoms with Gasteiger partial charge in [0.25, 0.3) is 0 Å². The minimum Gasteiger partial charge on any atom is -0.366 e. The zero-order valence-electron chi connectivity index (χ0n) is 13.8. The summed E-state index contributed by atoms with van der Waals surface area (Å²) in [5.41, 5.74) is 2.58. The minimum absolute atomic E-state index is 0.0193. The second kappa shape index (κ2) is 7.50. The average molecular weight is 400 g/mol. The van der Waals surface area contributed by atoms with Crippen molar-refractivity contribution in [2.75, 3.05) is 31.1 Å². The highest BCUT2D eigenvalue weighted by Gasteiger charge is 2.28. The molecule has 134 valence electrons. The van der Waals surface area contributed by atoms with Gasteiger partial charge in [-0.25, -0.2) is 8.42 Å². The van der Waals surface area contributed by atoms with Gasteiger partial charge in [0.05, 0.1) is 21.5 Å². The van der Waals surface area contributed by atoms with Crippen LogP contribution in [-0.2, 0) is 15.8 Å². The van der Waals surface area contributed by atoms with Gasteiger partial charge in [-0.3, -0.25) is 4.98 Å². The highest BCUT2D eigenvalue weighted by molar-refractivity contribution is 7.88. The van der Waals surface area contributed by atoms with Gasteiger partial charge in [-0.2, -0.15) is 4.31 Å². The Bertz CT molecular complexity index is 846. The van der Waals surface area contributed by atoms with Gasteiger partial charge in [0, 0.05) is 38.6 Å². The fourth-order valence-electron chi connectivity index (χ4n) is 3.00. The van der Waals surface area contributed by atoms with E-state index in [1.807, 2.05) is 36.1 Å². The average Bonchev–Trinajstić information content (AvgIpc) is 2.55. The van der Waals surface area contributed by atoms with E-state index in [1.165, 1.54) is 4.31 Å². The third-order valence-electron chi connectivity index (χ3n) is 4.21. The Balaban J connectivity index is 1.69. The molecule has 1 aromatic heterocycles. The predicted molar refractivity (Wildman–Crippen MR) is 102 cm³/mol. The normalized spacial score (nSPS) is 16.2. The standard InChI is InChI=1S/C17H19Cl2N3O2S/c1-13-3-2-4-14(9-13)12-25(23,24)22-7-5-21(6-8-22)17-15(18)10-20-11-16(17)19/h2-4,9-11H,5-8,12H2,1H3. The Labute approximate surface area is 158 Å². The maximum absolute atomic E-state index is 12.7. The molecule has 8 heteroatoms. The van der Waals surface area contributed by atoms with Crippen molar-refractivity contribution in [3.05, 3.63) is 57.8 Å². The number of hydrogen-bond acceptors (Lipinski definition) is 4. The second-order valence-electron chi connectivity index (χ2n) is 6.08. The smallest absolute Gasteiger partial charge is 0.218 e. The first-order chi connectivity index (χ1) is 11.9. The number of pyridine rings is 1. The fourth-order valence-corrected chi connectivity index (χ4v) is 5.11. The van der Waals surface area contributed by atoms with Gasteiger partial charge in [-0.1, -0.05) is 53.0 Å². The van der Waals surface area contributed by atoms with Crippen LogP contribution in [0.2, 0.25) is 10.0 Å². The topological polar surface area (TPSA) is 53.5 Å². The summed E-state index contributed by atoms with van der Waals surface area (Å²) in [6.45, 7) is 3.84. The van der Waals surface area contributed by atoms with Crippen LogP contribution in [0.4, 0.5) is 5.69 Å². The number of aromatic nitrogens is 1. The highest BCUT2D eigenvalue weighted by atomic mass is 35.5. The molecule has 1 aliphatic heterocycles. The van der Waals surface area contributed by atoms with Crippen molar-refractivity contribution in [3.63, 3.8) is 0 Å². The maximum Gasteiger partial charge on any atom is 0.218 e. The number of piperazine rings is 1. The van der Waals surface area contributed by atoms with Crippen LogP contribution in [0, 0.1) is 6.92 Å². The molecule has 0 bridgehead atoms. The molecule has 5 nitrogen and oxygen atoms in total. The molecule has 25 heavy (non-hydrogen) atoms. The molecule has 2 heterocycles. The first kappa shape index (κ1) is 18.5. The molecule has 1 saturated heterocycles. The zero-order chi connectivity index (χ0) is 18.0. The van der Waals surface area contributed by atoms with Gasteiger partial charge < -0.3 is 4.90 Å². The van der Waals surface area contributed by atoms with Crippen LogP contribution in [0.25, 0.3) is 0 Å². The van der Waals surface area contributed by atoms with Crippen LogP contribution >= 0.6 is 23.2 Å². The highest BCUT2D eigenvalue weighted by Crippen LogP contribution is 2.33. The number of rotatable bonds is 4. The van der Waals surface area contributed by atoms with Crippen molar-refractivity contribution in [1.82, 2.24) is 9.29 Å². The van der Waals surface area contributed by atoms with Crippen molar-refractivity contribution < 1.29 is 8.42 Å². The summed E-state index contributed by atoms with van der Waals surface area (Å²) in [7, 11) is -3.35. The minimum atomic E-state index is -3.35. The second-order valence-corrected chi connectivity index (χ2v) is 8.87. The quantitative estimate of drug-likeness (QED) is 0.790. The Kier molecular flexibility index (Phi) is 5.53.